The predicted octanol–water partition coefficient (Wildman–Crippen LogP) is 4.43. The van der Waals surface area contributed by atoms with Crippen molar-refractivity contribution in [1.29, 1.82) is 0 Å². The van der Waals surface area contributed by atoms with Gasteiger partial charge in [0.2, 0.25) is 0 Å². The van der Waals surface area contributed by atoms with Crippen LogP contribution < -0.4 is 5.32 Å². The molecule has 0 aliphatic rings. The molecule has 100 valence electrons. The lowest BCUT2D eigenvalue weighted by molar-refractivity contribution is 0.0938. The summed E-state index contributed by atoms with van der Waals surface area (Å²) in [5.74, 6) is -0.0188. The largest absolute Gasteiger partial charge is 0.350 e. The molecule has 2 nitrogen and oxygen atoms in total. The maximum absolute atomic E-state index is 11.9. The zero-order valence-corrected chi connectivity index (χ0v) is 12.0. The van der Waals surface area contributed by atoms with Gasteiger partial charge in [-0.15, -0.1) is 0 Å². The van der Waals surface area contributed by atoms with Crippen molar-refractivity contribution < 1.29 is 4.79 Å². The molecule has 0 aromatic heterocycles. The Balaban J connectivity index is 2.33. The first-order chi connectivity index (χ1) is 8.63. The van der Waals surface area contributed by atoms with Crippen LogP contribution in [-0.4, -0.2) is 11.9 Å². The van der Waals surface area contributed by atoms with Crippen LogP contribution in [0.3, 0.4) is 0 Å². The zero-order valence-electron chi connectivity index (χ0n) is 11.2. The zero-order chi connectivity index (χ0) is 13.4. The summed E-state index contributed by atoms with van der Waals surface area (Å²) in [6.45, 7) is 4.26. The van der Waals surface area contributed by atoms with Crippen molar-refractivity contribution in [3.63, 3.8) is 0 Å². The molecule has 1 N–H and O–H groups in total. The summed E-state index contributed by atoms with van der Waals surface area (Å²) in [4.78, 5) is 11.9. The lowest BCUT2D eigenvalue weighted by Gasteiger charge is -2.13. The van der Waals surface area contributed by atoms with Gasteiger partial charge in [0.1, 0.15) is 0 Å². The Morgan fingerprint density at radius 3 is 2.50 bits per heavy atom. The van der Waals surface area contributed by atoms with Gasteiger partial charge >= 0.3 is 0 Å². The highest BCUT2D eigenvalue weighted by Crippen LogP contribution is 2.10. The van der Waals surface area contributed by atoms with Crippen LogP contribution in [0.2, 0.25) is 5.02 Å². The first-order valence-corrected chi connectivity index (χ1v) is 7.07. The SMILES string of the molecule is CCCCCC[C@@H](C)NC(=O)c1ccc(Cl)cc1. The van der Waals surface area contributed by atoms with Gasteiger partial charge < -0.3 is 5.32 Å². The van der Waals surface area contributed by atoms with E-state index in [0.29, 0.717) is 10.6 Å². The molecule has 0 spiro atoms. The van der Waals surface area contributed by atoms with Crippen LogP contribution in [0, 0.1) is 0 Å². The van der Waals surface area contributed by atoms with Crippen LogP contribution in [-0.2, 0) is 0 Å². The van der Waals surface area contributed by atoms with Crippen molar-refractivity contribution in [2.24, 2.45) is 0 Å². The van der Waals surface area contributed by atoms with Crippen molar-refractivity contribution in [3.8, 4) is 0 Å². The fraction of sp³-hybridized carbons (Fsp3) is 0.533. The maximum atomic E-state index is 11.9. The number of benzene rings is 1. The van der Waals surface area contributed by atoms with Crippen molar-refractivity contribution in [2.45, 2.75) is 52.0 Å². The quantitative estimate of drug-likeness (QED) is 0.728. The molecule has 1 amide bonds. The molecular formula is C15H22ClNO. The van der Waals surface area contributed by atoms with Gasteiger partial charge in [-0.2, -0.15) is 0 Å². The minimum absolute atomic E-state index is 0.0188. The second kappa shape index (κ2) is 8.15. The number of amides is 1. The first-order valence-electron chi connectivity index (χ1n) is 6.70. The summed E-state index contributed by atoms with van der Waals surface area (Å²) >= 11 is 5.79. The van der Waals surface area contributed by atoms with E-state index in [0.717, 1.165) is 6.42 Å². The number of carbonyl (C=O) groups is 1. The standard InChI is InChI=1S/C15H22ClNO/c1-3-4-5-6-7-12(2)17-15(18)13-8-10-14(16)11-9-13/h8-12H,3-7H2,1-2H3,(H,17,18)/t12-/m1/s1. The molecule has 1 rings (SSSR count). The Morgan fingerprint density at radius 1 is 1.22 bits per heavy atom. The number of halogens is 1. The third-order valence-electron chi connectivity index (χ3n) is 2.97. The van der Waals surface area contributed by atoms with Gasteiger partial charge in [-0.1, -0.05) is 44.2 Å². The summed E-state index contributed by atoms with van der Waals surface area (Å²) in [7, 11) is 0. The van der Waals surface area contributed by atoms with Crippen LogP contribution in [0.5, 0.6) is 0 Å². The molecular weight excluding hydrogens is 246 g/mol. The molecule has 0 saturated heterocycles. The monoisotopic (exact) mass is 267 g/mol. The van der Waals surface area contributed by atoms with Gasteiger partial charge in [-0.3, -0.25) is 4.79 Å². The van der Waals surface area contributed by atoms with Crippen LogP contribution in [0.1, 0.15) is 56.3 Å². The summed E-state index contributed by atoms with van der Waals surface area (Å²) in [5, 5.41) is 3.66. The summed E-state index contributed by atoms with van der Waals surface area (Å²) in [6.07, 6.45) is 5.98. The summed E-state index contributed by atoms with van der Waals surface area (Å²) in [6, 6.07) is 7.21. The first kappa shape index (κ1) is 15.0. The normalized spacial score (nSPS) is 12.2. The highest BCUT2D eigenvalue weighted by molar-refractivity contribution is 6.30. The highest BCUT2D eigenvalue weighted by atomic mass is 35.5. The fourth-order valence-corrected chi connectivity index (χ4v) is 1.98. The second-order valence-corrected chi connectivity index (χ2v) is 5.17. The van der Waals surface area contributed by atoms with E-state index < -0.39 is 0 Å². The van der Waals surface area contributed by atoms with Crippen molar-refractivity contribution in [2.75, 3.05) is 0 Å². The molecule has 0 bridgehead atoms. The molecule has 0 aliphatic carbocycles. The Morgan fingerprint density at radius 2 is 1.89 bits per heavy atom. The number of rotatable bonds is 7. The Hall–Kier alpha value is -1.02. The van der Waals surface area contributed by atoms with Crippen LogP contribution in [0.15, 0.2) is 24.3 Å². The van der Waals surface area contributed by atoms with Gasteiger partial charge in [0.05, 0.1) is 0 Å². The highest BCUT2D eigenvalue weighted by Gasteiger charge is 2.09. The Bertz CT molecular complexity index is 361. The van der Waals surface area contributed by atoms with Crippen LogP contribution in [0.4, 0.5) is 0 Å². The van der Waals surface area contributed by atoms with E-state index >= 15 is 0 Å². The number of unbranched alkanes of at least 4 members (excludes halogenated alkanes) is 3. The summed E-state index contributed by atoms with van der Waals surface area (Å²) < 4.78 is 0. The second-order valence-electron chi connectivity index (χ2n) is 4.73. The van der Waals surface area contributed by atoms with E-state index in [1.807, 2.05) is 0 Å². The van der Waals surface area contributed by atoms with Gasteiger partial charge in [-0.25, -0.2) is 0 Å². The van der Waals surface area contributed by atoms with E-state index in [4.69, 9.17) is 11.6 Å². The van der Waals surface area contributed by atoms with Crippen molar-refractivity contribution in [1.82, 2.24) is 5.32 Å². The number of carbonyl (C=O) groups excluding carboxylic acids is 1. The number of hydrogen-bond donors (Lipinski definition) is 1. The Labute approximate surface area is 115 Å². The molecule has 3 heteroatoms. The molecule has 0 radical (unpaired) electrons. The predicted molar refractivity (Wildman–Crippen MR) is 77.1 cm³/mol. The molecule has 0 unspecified atom stereocenters. The third-order valence-corrected chi connectivity index (χ3v) is 3.23. The minimum Gasteiger partial charge on any atom is -0.350 e. The van der Waals surface area contributed by atoms with E-state index in [-0.39, 0.29) is 11.9 Å². The Kier molecular flexibility index (Phi) is 6.81. The minimum atomic E-state index is -0.0188. The van der Waals surface area contributed by atoms with Gasteiger partial charge in [0, 0.05) is 16.6 Å². The molecule has 1 aromatic carbocycles. The third kappa shape index (κ3) is 5.54. The molecule has 0 fully saturated rings. The number of hydrogen-bond acceptors (Lipinski definition) is 1. The van der Waals surface area contributed by atoms with E-state index in [1.165, 1.54) is 25.7 Å². The van der Waals surface area contributed by atoms with Crippen LogP contribution >= 0.6 is 11.6 Å². The smallest absolute Gasteiger partial charge is 0.251 e. The molecule has 18 heavy (non-hydrogen) atoms. The average Bonchev–Trinajstić information content (AvgIpc) is 2.35. The van der Waals surface area contributed by atoms with E-state index in [2.05, 4.69) is 19.2 Å². The van der Waals surface area contributed by atoms with Crippen molar-refractivity contribution >= 4 is 17.5 Å². The molecule has 0 saturated carbocycles. The average molecular weight is 268 g/mol. The van der Waals surface area contributed by atoms with Gasteiger partial charge in [0.25, 0.3) is 5.91 Å². The van der Waals surface area contributed by atoms with E-state index in [1.54, 1.807) is 24.3 Å². The number of nitrogens with one attached hydrogen (secondary N) is 1. The molecule has 0 heterocycles. The van der Waals surface area contributed by atoms with Gasteiger partial charge in [0.15, 0.2) is 0 Å². The van der Waals surface area contributed by atoms with Crippen molar-refractivity contribution in [3.05, 3.63) is 34.9 Å². The van der Waals surface area contributed by atoms with Crippen LogP contribution in [0.25, 0.3) is 0 Å². The molecule has 0 aliphatic heterocycles. The maximum Gasteiger partial charge on any atom is 0.251 e. The molecule has 1 aromatic rings. The van der Waals surface area contributed by atoms with Gasteiger partial charge in [-0.05, 0) is 37.6 Å². The molecule has 1 atom stereocenters. The summed E-state index contributed by atoms with van der Waals surface area (Å²) in [5.41, 5.74) is 0.666. The lowest BCUT2D eigenvalue weighted by Crippen LogP contribution is -2.32. The topological polar surface area (TPSA) is 29.1 Å². The fourth-order valence-electron chi connectivity index (χ4n) is 1.86. The lowest BCUT2D eigenvalue weighted by atomic mass is 10.1. The van der Waals surface area contributed by atoms with E-state index in [9.17, 15) is 4.79 Å².